The average Bonchev–Trinajstić information content (AvgIpc) is 2.49. The third kappa shape index (κ3) is 2.72. The van der Waals surface area contributed by atoms with Crippen molar-refractivity contribution >= 4 is 5.91 Å². The molecule has 3 nitrogen and oxygen atoms in total. The first-order valence-electron chi connectivity index (χ1n) is 9.25. The summed E-state index contributed by atoms with van der Waals surface area (Å²) in [6.45, 7) is 5.80. The number of amides is 1. The lowest BCUT2D eigenvalue weighted by molar-refractivity contribution is -0.142. The Morgan fingerprint density at radius 3 is 2.25 bits per heavy atom. The summed E-state index contributed by atoms with van der Waals surface area (Å²) in [5.41, 5.74) is 2.04. The van der Waals surface area contributed by atoms with Crippen LogP contribution in [0.5, 0.6) is 5.75 Å². The van der Waals surface area contributed by atoms with E-state index in [4.69, 9.17) is 4.74 Å². The number of carbonyl (C=O) groups is 1. The summed E-state index contributed by atoms with van der Waals surface area (Å²) in [5.74, 6) is 1.70. The zero-order valence-electron chi connectivity index (χ0n) is 15.2. The zero-order chi connectivity index (χ0) is 17.0. The SMILES string of the molecule is COc1ccc(C(=O)NCC23CC4C[C@](C)(C2)C[C@](C)(C4)C3)cc1. The molecule has 4 bridgehead atoms. The van der Waals surface area contributed by atoms with Crippen LogP contribution in [0.25, 0.3) is 0 Å². The lowest BCUT2D eigenvalue weighted by Crippen LogP contribution is -2.58. The zero-order valence-corrected chi connectivity index (χ0v) is 15.2. The highest BCUT2D eigenvalue weighted by atomic mass is 16.5. The van der Waals surface area contributed by atoms with E-state index in [9.17, 15) is 4.79 Å². The predicted molar refractivity (Wildman–Crippen MR) is 95.2 cm³/mol. The largest absolute Gasteiger partial charge is 0.497 e. The molecule has 0 saturated heterocycles. The van der Waals surface area contributed by atoms with E-state index in [1.807, 2.05) is 24.3 Å². The van der Waals surface area contributed by atoms with Gasteiger partial charge in [0.05, 0.1) is 7.11 Å². The molecule has 0 radical (unpaired) electrons. The Morgan fingerprint density at radius 2 is 1.71 bits per heavy atom. The Morgan fingerprint density at radius 1 is 1.08 bits per heavy atom. The van der Waals surface area contributed by atoms with Gasteiger partial charge in [-0.05, 0) is 85.0 Å². The molecular formula is C21H29NO2. The second-order valence-electron chi connectivity index (χ2n) is 9.54. The van der Waals surface area contributed by atoms with Gasteiger partial charge in [0.15, 0.2) is 0 Å². The minimum absolute atomic E-state index is 0.0451. The van der Waals surface area contributed by atoms with Crippen molar-refractivity contribution in [1.82, 2.24) is 5.32 Å². The van der Waals surface area contributed by atoms with Crippen LogP contribution in [0.15, 0.2) is 24.3 Å². The molecule has 4 aliphatic carbocycles. The van der Waals surface area contributed by atoms with Crippen molar-refractivity contribution < 1.29 is 9.53 Å². The first-order valence-corrected chi connectivity index (χ1v) is 9.25. The standard InChI is InChI=1S/C21H29NO2/c1-19-8-15-9-20(2,11-19)13-21(10-15,12-19)14-22-18(23)16-4-6-17(24-3)7-5-16/h4-7,15H,8-14H2,1-3H3,(H,22,23)/t15?,19-,20-,21?/m0/s1. The fourth-order valence-corrected chi connectivity index (χ4v) is 6.99. The number of rotatable bonds is 4. The van der Waals surface area contributed by atoms with Gasteiger partial charge in [0, 0.05) is 12.1 Å². The van der Waals surface area contributed by atoms with E-state index in [1.54, 1.807) is 7.11 Å². The number of ether oxygens (including phenoxy) is 1. The van der Waals surface area contributed by atoms with E-state index >= 15 is 0 Å². The van der Waals surface area contributed by atoms with Crippen LogP contribution in [-0.4, -0.2) is 19.6 Å². The molecule has 0 heterocycles. The van der Waals surface area contributed by atoms with Gasteiger partial charge in [0.1, 0.15) is 5.75 Å². The Hall–Kier alpha value is -1.51. The molecule has 1 aromatic carbocycles. The third-order valence-corrected chi connectivity index (χ3v) is 6.72. The van der Waals surface area contributed by atoms with Crippen LogP contribution in [0.2, 0.25) is 0 Å². The van der Waals surface area contributed by atoms with Crippen LogP contribution in [0.4, 0.5) is 0 Å². The molecule has 3 heteroatoms. The molecule has 4 aliphatic rings. The van der Waals surface area contributed by atoms with E-state index in [2.05, 4.69) is 19.2 Å². The number of benzene rings is 1. The number of methoxy groups -OCH3 is 1. The average molecular weight is 327 g/mol. The topological polar surface area (TPSA) is 38.3 Å². The van der Waals surface area contributed by atoms with Gasteiger partial charge in [-0.2, -0.15) is 0 Å². The van der Waals surface area contributed by atoms with E-state index in [0.29, 0.717) is 16.2 Å². The molecule has 4 saturated carbocycles. The van der Waals surface area contributed by atoms with Crippen molar-refractivity contribution in [3.05, 3.63) is 29.8 Å². The van der Waals surface area contributed by atoms with Gasteiger partial charge >= 0.3 is 0 Å². The Balaban J connectivity index is 1.46. The van der Waals surface area contributed by atoms with Crippen molar-refractivity contribution in [3.8, 4) is 5.75 Å². The molecule has 0 aliphatic heterocycles. The van der Waals surface area contributed by atoms with Gasteiger partial charge in [0.2, 0.25) is 0 Å². The van der Waals surface area contributed by atoms with Crippen molar-refractivity contribution in [3.63, 3.8) is 0 Å². The molecule has 0 spiro atoms. The number of hydrogen-bond acceptors (Lipinski definition) is 2. The summed E-state index contributed by atoms with van der Waals surface area (Å²) in [5, 5.41) is 3.25. The third-order valence-electron chi connectivity index (χ3n) is 6.72. The maximum absolute atomic E-state index is 12.5. The van der Waals surface area contributed by atoms with Crippen LogP contribution >= 0.6 is 0 Å². The summed E-state index contributed by atoms with van der Waals surface area (Å²) in [6.07, 6.45) is 8.06. The van der Waals surface area contributed by atoms with Gasteiger partial charge < -0.3 is 10.1 Å². The monoisotopic (exact) mass is 327 g/mol. The highest BCUT2D eigenvalue weighted by Crippen LogP contribution is 2.69. The molecule has 5 rings (SSSR count). The van der Waals surface area contributed by atoms with Crippen molar-refractivity contribution in [2.45, 2.75) is 52.4 Å². The Bertz CT molecular complexity index is 632. The summed E-state index contributed by atoms with van der Waals surface area (Å²) in [6, 6.07) is 7.39. The van der Waals surface area contributed by atoms with Crippen molar-refractivity contribution in [2.75, 3.05) is 13.7 Å². The maximum Gasteiger partial charge on any atom is 0.251 e. The van der Waals surface area contributed by atoms with Crippen molar-refractivity contribution in [2.24, 2.45) is 22.2 Å². The van der Waals surface area contributed by atoms with E-state index in [1.165, 1.54) is 38.5 Å². The number of hydrogen-bond donors (Lipinski definition) is 1. The highest BCUT2D eigenvalue weighted by molar-refractivity contribution is 5.94. The first kappa shape index (κ1) is 16.0. The van der Waals surface area contributed by atoms with Crippen LogP contribution in [-0.2, 0) is 0 Å². The summed E-state index contributed by atoms with van der Waals surface area (Å²) in [7, 11) is 1.64. The molecule has 0 unspecified atom stereocenters. The Kier molecular flexibility index (Phi) is 3.49. The second-order valence-corrected chi connectivity index (χ2v) is 9.54. The molecule has 24 heavy (non-hydrogen) atoms. The van der Waals surface area contributed by atoms with Gasteiger partial charge in [-0.15, -0.1) is 0 Å². The smallest absolute Gasteiger partial charge is 0.251 e. The van der Waals surface area contributed by atoms with Crippen LogP contribution in [0.3, 0.4) is 0 Å². The second kappa shape index (κ2) is 5.24. The molecule has 130 valence electrons. The van der Waals surface area contributed by atoms with Crippen LogP contribution in [0, 0.1) is 22.2 Å². The summed E-state index contributed by atoms with van der Waals surface area (Å²) < 4.78 is 5.16. The van der Waals surface area contributed by atoms with E-state index in [-0.39, 0.29) is 5.91 Å². The van der Waals surface area contributed by atoms with Crippen LogP contribution < -0.4 is 10.1 Å². The van der Waals surface area contributed by atoms with E-state index in [0.717, 1.165) is 23.8 Å². The van der Waals surface area contributed by atoms with E-state index < -0.39 is 0 Å². The highest BCUT2D eigenvalue weighted by Gasteiger charge is 2.59. The van der Waals surface area contributed by atoms with Crippen LogP contribution in [0.1, 0.15) is 62.7 Å². The molecule has 1 N–H and O–H groups in total. The van der Waals surface area contributed by atoms with Gasteiger partial charge in [-0.25, -0.2) is 0 Å². The minimum atomic E-state index is 0.0451. The number of carbonyl (C=O) groups excluding carboxylic acids is 1. The van der Waals surface area contributed by atoms with Gasteiger partial charge in [0.25, 0.3) is 5.91 Å². The fourth-order valence-electron chi connectivity index (χ4n) is 6.99. The quantitative estimate of drug-likeness (QED) is 0.889. The summed E-state index contributed by atoms with van der Waals surface area (Å²) >= 11 is 0. The molecule has 1 aromatic rings. The molecule has 2 atom stereocenters. The predicted octanol–water partition coefficient (Wildman–Crippen LogP) is 4.42. The Labute approximate surface area is 145 Å². The number of nitrogens with one attached hydrogen (secondary N) is 1. The molecule has 4 fully saturated rings. The maximum atomic E-state index is 12.5. The minimum Gasteiger partial charge on any atom is -0.497 e. The molecular weight excluding hydrogens is 298 g/mol. The van der Waals surface area contributed by atoms with Gasteiger partial charge in [-0.1, -0.05) is 13.8 Å². The van der Waals surface area contributed by atoms with Gasteiger partial charge in [-0.3, -0.25) is 4.79 Å². The lowest BCUT2D eigenvalue weighted by atomic mass is 9.40. The summed E-state index contributed by atoms with van der Waals surface area (Å²) in [4.78, 5) is 12.5. The normalized spacial score (nSPS) is 39.7. The lowest BCUT2D eigenvalue weighted by Gasteiger charge is -2.65. The van der Waals surface area contributed by atoms with Crippen molar-refractivity contribution in [1.29, 1.82) is 0 Å². The molecule has 1 amide bonds. The fraction of sp³-hybridized carbons (Fsp3) is 0.667. The molecule has 0 aromatic heterocycles. The first-order chi connectivity index (χ1) is 11.3.